The van der Waals surface area contributed by atoms with Crippen molar-refractivity contribution < 1.29 is 28.2 Å². The highest BCUT2D eigenvalue weighted by atomic mass is 32.2. The van der Waals surface area contributed by atoms with Crippen molar-refractivity contribution in [1.29, 1.82) is 0 Å². The van der Waals surface area contributed by atoms with E-state index >= 15 is 0 Å². The second-order valence-corrected chi connectivity index (χ2v) is 5.12. The van der Waals surface area contributed by atoms with Crippen molar-refractivity contribution in [1.82, 2.24) is 0 Å². The van der Waals surface area contributed by atoms with Gasteiger partial charge in [-0.05, 0) is 0 Å². The number of carboxylic acid groups (broad SMARTS) is 2. The molecule has 13 heavy (non-hydrogen) atoms. The van der Waals surface area contributed by atoms with Crippen LogP contribution in [0.3, 0.4) is 0 Å². The molecule has 0 spiro atoms. The molecule has 0 bridgehead atoms. The van der Waals surface area contributed by atoms with E-state index in [0.717, 1.165) is 0 Å². The molecule has 2 atom stereocenters. The Morgan fingerprint density at radius 1 is 1.00 bits per heavy atom. The lowest BCUT2D eigenvalue weighted by molar-refractivity contribution is -0.151. The molecule has 7 heteroatoms. The third-order valence-corrected chi connectivity index (χ3v) is 3.72. The summed E-state index contributed by atoms with van der Waals surface area (Å²) in [5.74, 6) is -6.48. The molecular formula is C6H8O6S. The van der Waals surface area contributed by atoms with E-state index in [1.54, 1.807) is 0 Å². The van der Waals surface area contributed by atoms with Gasteiger partial charge in [0.1, 0.15) is 0 Å². The number of rotatable bonds is 2. The van der Waals surface area contributed by atoms with Crippen LogP contribution in [0.2, 0.25) is 0 Å². The molecule has 0 saturated carbocycles. The SMILES string of the molecule is O=C(O)C1CS(=O)(=O)CC1C(=O)O. The van der Waals surface area contributed by atoms with Gasteiger partial charge in [-0.1, -0.05) is 0 Å². The van der Waals surface area contributed by atoms with E-state index in [-0.39, 0.29) is 0 Å². The van der Waals surface area contributed by atoms with Crippen molar-refractivity contribution in [2.75, 3.05) is 11.5 Å². The van der Waals surface area contributed by atoms with Gasteiger partial charge in [0.25, 0.3) is 0 Å². The second-order valence-electron chi connectivity index (χ2n) is 2.97. The molecule has 0 aliphatic carbocycles. The molecular weight excluding hydrogens is 200 g/mol. The van der Waals surface area contributed by atoms with Crippen LogP contribution in [0.4, 0.5) is 0 Å². The highest BCUT2D eigenvalue weighted by Crippen LogP contribution is 2.25. The van der Waals surface area contributed by atoms with Crippen LogP contribution >= 0.6 is 0 Å². The van der Waals surface area contributed by atoms with Gasteiger partial charge in [-0.15, -0.1) is 0 Å². The molecule has 0 aromatic rings. The van der Waals surface area contributed by atoms with E-state index < -0.39 is 45.1 Å². The van der Waals surface area contributed by atoms with Crippen LogP contribution in [0.25, 0.3) is 0 Å². The van der Waals surface area contributed by atoms with E-state index in [0.29, 0.717) is 0 Å². The predicted octanol–water partition coefficient (Wildman–Crippen LogP) is -1.18. The lowest BCUT2D eigenvalue weighted by Gasteiger charge is -2.06. The summed E-state index contributed by atoms with van der Waals surface area (Å²) >= 11 is 0. The van der Waals surface area contributed by atoms with Crippen LogP contribution in [0.5, 0.6) is 0 Å². The van der Waals surface area contributed by atoms with E-state index in [2.05, 4.69) is 0 Å². The van der Waals surface area contributed by atoms with E-state index in [9.17, 15) is 18.0 Å². The average Bonchev–Trinajstić information content (AvgIpc) is 2.26. The number of carboxylic acids is 2. The molecule has 0 amide bonds. The minimum absolute atomic E-state index is 0.570. The fraction of sp³-hybridized carbons (Fsp3) is 0.667. The van der Waals surface area contributed by atoms with Crippen molar-refractivity contribution in [2.45, 2.75) is 0 Å². The standard InChI is InChI=1S/C6H8O6S/c7-5(8)3-1-13(11,12)2-4(3)6(9)10/h3-4H,1-2H2,(H,7,8)(H,9,10). The van der Waals surface area contributed by atoms with Crippen LogP contribution in [-0.4, -0.2) is 42.1 Å². The first-order valence-electron chi connectivity index (χ1n) is 3.49. The van der Waals surface area contributed by atoms with Gasteiger partial charge in [0, 0.05) is 0 Å². The normalized spacial score (nSPS) is 31.4. The smallest absolute Gasteiger partial charge is 0.308 e. The second kappa shape index (κ2) is 2.99. The summed E-state index contributed by atoms with van der Waals surface area (Å²) < 4.78 is 21.9. The van der Waals surface area contributed by atoms with Gasteiger partial charge in [-0.25, -0.2) is 8.42 Å². The zero-order valence-corrected chi connectivity index (χ0v) is 7.32. The number of sulfone groups is 1. The summed E-state index contributed by atoms with van der Waals surface area (Å²) in [6, 6.07) is 0. The maximum Gasteiger partial charge on any atom is 0.308 e. The molecule has 0 aromatic heterocycles. The van der Waals surface area contributed by atoms with Crippen molar-refractivity contribution in [3.8, 4) is 0 Å². The van der Waals surface area contributed by atoms with Crippen LogP contribution in [0.15, 0.2) is 0 Å². The van der Waals surface area contributed by atoms with Crippen molar-refractivity contribution in [3.05, 3.63) is 0 Å². The van der Waals surface area contributed by atoms with Gasteiger partial charge >= 0.3 is 11.9 Å². The molecule has 2 N–H and O–H groups in total. The first-order chi connectivity index (χ1) is 5.83. The lowest BCUT2D eigenvalue weighted by Crippen LogP contribution is -2.28. The topological polar surface area (TPSA) is 109 Å². The molecule has 74 valence electrons. The fourth-order valence-electron chi connectivity index (χ4n) is 1.33. The number of aliphatic carboxylic acids is 2. The van der Waals surface area contributed by atoms with E-state index in [4.69, 9.17) is 10.2 Å². The van der Waals surface area contributed by atoms with Crippen LogP contribution in [0, 0.1) is 11.8 Å². The van der Waals surface area contributed by atoms with Gasteiger partial charge in [-0.2, -0.15) is 0 Å². The Balaban J connectivity index is 2.97. The van der Waals surface area contributed by atoms with E-state index in [1.165, 1.54) is 0 Å². The first-order valence-corrected chi connectivity index (χ1v) is 5.31. The zero-order valence-electron chi connectivity index (χ0n) is 6.50. The van der Waals surface area contributed by atoms with Crippen molar-refractivity contribution in [3.63, 3.8) is 0 Å². The average molecular weight is 208 g/mol. The molecule has 6 nitrogen and oxygen atoms in total. The van der Waals surface area contributed by atoms with Crippen LogP contribution in [-0.2, 0) is 19.4 Å². The van der Waals surface area contributed by atoms with Gasteiger partial charge < -0.3 is 10.2 Å². The Hall–Kier alpha value is -1.11. The molecule has 1 saturated heterocycles. The third kappa shape index (κ3) is 1.97. The predicted molar refractivity (Wildman–Crippen MR) is 40.9 cm³/mol. The van der Waals surface area contributed by atoms with Crippen LogP contribution in [0.1, 0.15) is 0 Å². The Morgan fingerprint density at radius 3 is 1.54 bits per heavy atom. The summed E-state index contributed by atoms with van der Waals surface area (Å²) in [6.45, 7) is 0. The Bertz CT molecular complexity index is 314. The van der Waals surface area contributed by atoms with Gasteiger partial charge in [0.2, 0.25) is 0 Å². The van der Waals surface area contributed by atoms with Gasteiger partial charge in [0.05, 0.1) is 23.3 Å². The van der Waals surface area contributed by atoms with Crippen LogP contribution < -0.4 is 0 Å². The van der Waals surface area contributed by atoms with Gasteiger partial charge in [0.15, 0.2) is 9.84 Å². The summed E-state index contributed by atoms with van der Waals surface area (Å²) in [5.41, 5.74) is 0. The lowest BCUT2D eigenvalue weighted by atomic mass is 9.97. The first kappa shape index (κ1) is 9.97. The minimum atomic E-state index is -3.50. The van der Waals surface area contributed by atoms with E-state index in [1.807, 2.05) is 0 Å². The molecule has 1 rings (SSSR count). The largest absolute Gasteiger partial charge is 0.481 e. The molecule has 2 unspecified atom stereocenters. The molecule has 1 heterocycles. The summed E-state index contributed by atoms with van der Waals surface area (Å²) in [5, 5.41) is 17.1. The summed E-state index contributed by atoms with van der Waals surface area (Å²) in [4.78, 5) is 21.0. The Labute approximate surface area is 74.1 Å². The highest BCUT2D eigenvalue weighted by Gasteiger charge is 2.45. The maximum atomic E-state index is 10.9. The third-order valence-electron chi connectivity index (χ3n) is 1.99. The Kier molecular flexibility index (Phi) is 2.29. The molecule has 1 fully saturated rings. The molecule has 0 aromatic carbocycles. The summed E-state index contributed by atoms with van der Waals surface area (Å²) in [7, 11) is -3.50. The summed E-state index contributed by atoms with van der Waals surface area (Å²) in [6.07, 6.45) is 0. The minimum Gasteiger partial charge on any atom is -0.481 e. The monoisotopic (exact) mass is 208 g/mol. The van der Waals surface area contributed by atoms with Gasteiger partial charge in [-0.3, -0.25) is 9.59 Å². The maximum absolute atomic E-state index is 10.9. The zero-order chi connectivity index (χ0) is 10.2. The van der Waals surface area contributed by atoms with Crippen molar-refractivity contribution in [2.24, 2.45) is 11.8 Å². The van der Waals surface area contributed by atoms with Crippen molar-refractivity contribution >= 4 is 21.8 Å². The molecule has 1 aliphatic rings. The number of carbonyl (C=O) groups is 2. The molecule has 0 radical (unpaired) electrons. The highest BCUT2D eigenvalue weighted by molar-refractivity contribution is 7.91. The number of hydrogen-bond donors (Lipinski definition) is 2. The molecule has 1 aliphatic heterocycles. The quantitative estimate of drug-likeness (QED) is 0.591. The fourth-order valence-corrected chi connectivity index (χ4v) is 3.31. The Morgan fingerprint density at radius 2 is 1.31 bits per heavy atom. The number of hydrogen-bond acceptors (Lipinski definition) is 4.